The van der Waals surface area contributed by atoms with Gasteiger partial charge >= 0.3 is 0 Å². The summed E-state index contributed by atoms with van der Waals surface area (Å²) in [5.74, 6) is -9.10. The molecule has 0 aliphatic rings. The molecule has 0 spiro atoms. The highest BCUT2D eigenvalue weighted by Crippen LogP contribution is 2.14. The lowest BCUT2D eigenvalue weighted by molar-refractivity contribution is -0.136. The average molecular weight is 1180 g/mol. The highest BCUT2D eigenvalue weighted by Gasteiger charge is 2.35. The number of phenolic OH excluding ortho intramolecular Hbond substituents is 1. The molecule has 0 saturated heterocycles. The van der Waals surface area contributed by atoms with Gasteiger partial charge < -0.3 is 102 Å². The number of aliphatic hydroxyl groups is 1. The molecule has 32 heteroatoms. The summed E-state index contributed by atoms with van der Waals surface area (Å²) in [6, 6.07) is -5.54. The second-order valence-electron chi connectivity index (χ2n) is 20.6. The van der Waals surface area contributed by atoms with Crippen molar-refractivity contribution in [2.75, 3.05) is 33.3 Å². The summed E-state index contributed by atoms with van der Waals surface area (Å²) in [5, 5.41) is 74.1. The molecule has 2 aromatic rings. The maximum Gasteiger partial charge on any atom is 0.245 e. The van der Waals surface area contributed by atoms with Gasteiger partial charge in [-0.1, -0.05) is 46.2 Å². The fourth-order valence-corrected chi connectivity index (χ4v) is 8.33. The molecular formula is C52H89N21O11. The number of aromatic amines is 1. The third-order valence-electron chi connectivity index (χ3n) is 13.2. The number of benzene rings is 1. The van der Waals surface area contributed by atoms with Gasteiger partial charge in [0, 0.05) is 32.3 Å². The van der Waals surface area contributed by atoms with Gasteiger partial charge in [-0.15, -0.1) is 0 Å². The first-order chi connectivity index (χ1) is 39.7. The summed E-state index contributed by atoms with van der Waals surface area (Å²) < 4.78 is 0. The topological polar surface area (TPSA) is 543 Å². The van der Waals surface area contributed by atoms with Gasteiger partial charge in [0.05, 0.1) is 24.7 Å². The number of H-pyrrole nitrogens is 1. The number of aromatic hydroxyl groups is 1. The van der Waals surface area contributed by atoms with Gasteiger partial charge in [0.2, 0.25) is 53.2 Å². The number of carbonyl (C=O) groups excluding carboxylic acids is 9. The van der Waals surface area contributed by atoms with Crippen LogP contribution in [0.15, 0.2) is 36.8 Å². The van der Waals surface area contributed by atoms with E-state index in [9.17, 15) is 53.4 Å². The van der Waals surface area contributed by atoms with Gasteiger partial charge in [0.1, 0.15) is 54.1 Å². The lowest BCUT2D eigenvalue weighted by atomic mass is 9.98. The normalized spacial score (nSPS) is 14.6. The van der Waals surface area contributed by atoms with E-state index < -0.39 is 114 Å². The number of likely N-dealkylation sites (N-methyl/N-ethyl adjacent to an activating group) is 1. The molecule has 0 unspecified atom stereocenters. The van der Waals surface area contributed by atoms with Crippen molar-refractivity contribution in [1.29, 1.82) is 16.2 Å². The van der Waals surface area contributed by atoms with Crippen LogP contribution in [-0.4, -0.2) is 179 Å². The molecule has 26 N–H and O–H groups in total. The number of hydrogen-bond donors (Lipinski definition) is 22. The number of hydrogen-bond acceptors (Lipinski definition) is 16. The minimum absolute atomic E-state index is 0.00291. The number of imidazole rings is 1. The molecule has 0 aliphatic heterocycles. The number of nitrogens with one attached hydrogen (secondary N) is 16. The number of carbonyl (C=O) groups is 9. The quantitative estimate of drug-likeness (QED) is 0.0169. The molecule has 10 atom stereocenters. The van der Waals surface area contributed by atoms with E-state index in [0.29, 0.717) is 17.7 Å². The maximum atomic E-state index is 14.5. The predicted molar refractivity (Wildman–Crippen MR) is 311 cm³/mol. The van der Waals surface area contributed by atoms with Crippen LogP contribution in [0.4, 0.5) is 0 Å². The Hall–Kier alpha value is -8.81. The monoisotopic (exact) mass is 1180 g/mol. The molecule has 84 heavy (non-hydrogen) atoms. The number of guanidine groups is 3. The van der Waals surface area contributed by atoms with Crippen LogP contribution in [0.5, 0.6) is 5.75 Å². The Labute approximate surface area is 488 Å². The SMILES string of the molecule is CC[C@H](C)[C@H](NC(=O)[C@H](CO)NC(=O)[C@H](CC(C)C)NC(=O)[C@H](C)NC(=O)[C@H](CCCNC(=N)N)NC(=O)[C@H](CCCNC(=N)N)NC(=O)[C@H](Cc1c[nH]cn1)NC(=O)[C@H](CCCNC(=N)N)NC(=O)[C@H](Cc1ccc(O)cc1)NC)C(N)=O. The Morgan fingerprint density at radius 1 is 0.560 bits per heavy atom. The van der Waals surface area contributed by atoms with Crippen molar-refractivity contribution in [2.45, 2.75) is 153 Å². The minimum atomic E-state index is -1.54. The molecule has 468 valence electrons. The van der Waals surface area contributed by atoms with E-state index in [0.717, 1.165) is 0 Å². The summed E-state index contributed by atoms with van der Waals surface area (Å²) in [6.45, 7) is 7.71. The Morgan fingerprint density at radius 3 is 1.39 bits per heavy atom. The van der Waals surface area contributed by atoms with Crippen molar-refractivity contribution in [3.05, 3.63) is 48.0 Å². The summed E-state index contributed by atoms with van der Waals surface area (Å²) in [4.78, 5) is 131. The standard InChI is InChI=1S/C52H89N21O11/c1-7-28(4)40(41(53)76)73-49(84)39(25-74)72-47(82)37(21-27(2)3)70-42(77)29(5)66-43(78)33(11-8-18-62-50(54)55)67-44(79)34(12-9-19-63-51(56)57)69-48(83)38(23-31-24-61-26-65-31)71-45(80)35(13-10-20-64-52(58)59)68-46(81)36(60-6)22-30-14-16-32(75)17-15-30/h14-17,24,26-29,33-40,60,74-75H,7-13,18-23,25H2,1-6H3,(H2,53,76)(H,61,65)(H,66,78)(H,67,79)(H,68,81)(H,69,83)(H,70,77)(H,71,80)(H,72,82)(H,73,84)(H4,54,55,62)(H4,56,57,63)(H4,58,59,64)/t28-,29-,33-,34-,35-,36-,37-,38-,39-,40-/m0/s1. The van der Waals surface area contributed by atoms with Crippen molar-refractivity contribution in [1.82, 2.24) is 73.8 Å². The zero-order valence-corrected chi connectivity index (χ0v) is 48.5. The second kappa shape index (κ2) is 37.3. The number of nitrogens with two attached hydrogens (primary N) is 4. The first kappa shape index (κ1) is 71.3. The molecule has 32 nitrogen and oxygen atoms in total. The third-order valence-corrected chi connectivity index (χ3v) is 13.2. The van der Waals surface area contributed by atoms with Gasteiger partial charge in [-0.05, 0) is 94.9 Å². The molecule has 0 bridgehead atoms. The van der Waals surface area contributed by atoms with Crippen LogP contribution in [0.1, 0.15) is 97.2 Å². The van der Waals surface area contributed by atoms with Crippen molar-refractivity contribution in [3.8, 4) is 5.75 Å². The number of primary amides is 1. The van der Waals surface area contributed by atoms with Crippen LogP contribution in [-0.2, 0) is 56.0 Å². The Kier molecular flexibility index (Phi) is 31.7. The number of phenols is 1. The number of rotatable bonds is 39. The van der Waals surface area contributed by atoms with Crippen LogP contribution < -0.4 is 86.7 Å². The summed E-state index contributed by atoms with van der Waals surface area (Å²) in [5.41, 5.74) is 23.0. The third kappa shape index (κ3) is 26.8. The maximum absolute atomic E-state index is 14.5. The van der Waals surface area contributed by atoms with Crippen LogP contribution in [0.2, 0.25) is 0 Å². The van der Waals surface area contributed by atoms with E-state index in [-0.39, 0.29) is 113 Å². The van der Waals surface area contributed by atoms with E-state index in [4.69, 9.17) is 39.2 Å². The molecule has 0 radical (unpaired) electrons. The smallest absolute Gasteiger partial charge is 0.245 e. The first-order valence-corrected chi connectivity index (χ1v) is 27.7. The number of aromatic nitrogens is 2. The van der Waals surface area contributed by atoms with Gasteiger partial charge in [0.15, 0.2) is 17.9 Å². The van der Waals surface area contributed by atoms with Crippen LogP contribution >= 0.6 is 0 Å². The Bertz CT molecular complexity index is 2500. The minimum Gasteiger partial charge on any atom is -0.508 e. The van der Waals surface area contributed by atoms with E-state index in [1.807, 2.05) is 0 Å². The predicted octanol–water partition coefficient (Wildman–Crippen LogP) is -5.25. The lowest BCUT2D eigenvalue weighted by Crippen LogP contribution is -2.61. The number of nitrogens with zero attached hydrogens (tertiary/aromatic N) is 1. The van der Waals surface area contributed by atoms with E-state index in [1.165, 1.54) is 31.6 Å². The second-order valence-corrected chi connectivity index (χ2v) is 20.6. The summed E-state index contributed by atoms with van der Waals surface area (Å²) in [7, 11) is 1.56. The van der Waals surface area contributed by atoms with E-state index in [2.05, 4.69) is 73.8 Å². The van der Waals surface area contributed by atoms with Crippen LogP contribution in [0.3, 0.4) is 0 Å². The highest BCUT2D eigenvalue weighted by atomic mass is 16.3. The molecule has 0 aliphatic carbocycles. The van der Waals surface area contributed by atoms with Crippen LogP contribution in [0.25, 0.3) is 0 Å². The first-order valence-electron chi connectivity index (χ1n) is 27.7. The molecular weight excluding hydrogens is 1090 g/mol. The largest absolute Gasteiger partial charge is 0.508 e. The van der Waals surface area contributed by atoms with Crippen molar-refractivity contribution in [2.24, 2.45) is 34.8 Å². The summed E-state index contributed by atoms with van der Waals surface area (Å²) >= 11 is 0. The van der Waals surface area contributed by atoms with Gasteiger partial charge in [-0.2, -0.15) is 0 Å². The average Bonchev–Trinajstić information content (AvgIpc) is 3.96. The molecule has 2 rings (SSSR count). The molecule has 0 fully saturated rings. The fraction of sp³-hybridized carbons (Fsp3) is 0.596. The molecule has 1 aromatic heterocycles. The van der Waals surface area contributed by atoms with Crippen molar-refractivity contribution >= 4 is 71.0 Å². The fourth-order valence-electron chi connectivity index (χ4n) is 8.33. The van der Waals surface area contributed by atoms with E-state index >= 15 is 0 Å². The summed E-state index contributed by atoms with van der Waals surface area (Å²) in [6.07, 6.45) is 3.50. The Morgan fingerprint density at radius 2 is 0.976 bits per heavy atom. The zero-order chi connectivity index (χ0) is 63.1. The van der Waals surface area contributed by atoms with Gasteiger partial charge in [-0.25, -0.2) is 4.98 Å². The molecule has 9 amide bonds. The lowest BCUT2D eigenvalue weighted by Gasteiger charge is -2.28. The van der Waals surface area contributed by atoms with Crippen molar-refractivity contribution in [3.63, 3.8) is 0 Å². The molecule has 1 aromatic carbocycles. The van der Waals surface area contributed by atoms with Crippen LogP contribution in [0, 0.1) is 28.1 Å². The van der Waals surface area contributed by atoms with Gasteiger partial charge in [0.25, 0.3) is 0 Å². The molecule has 0 saturated carbocycles. The van der Waals surface area contributed by atoms with Gasteiger partial charge in [-0.3, -0.25) is 59.4 Å². The number of amides is 9. The van der Waals surface area contributed by atoms with Crippen molar-refractivity contribution < 1.29 is 53.4 Å². The molecule has 1 heterocycles. The van der Waals surface area contributed by atoms with E-state index in [1.54, 1.807) is 46.9 Å². The zero-order valence-electron chi connectivity index (χ0n) is 48.5. The Balaban J connectivity index is 2.47. The number of aliphatic hydroxyl groups excluding tert-OH is 1. The highest BCUT2D eigenvalue weighted by molar-refractivity contribution is 5.98.